The van der Waals surface area contributed by atoms with E-state index in [-0.39, 0.29) is 0 Å². The molecule has 1 atom stereocenters. The topological polar surface area (TPSA) is 15.3 Å². The Kier molecular flexibility index (Phi) is 4.32. The number of hydrogen-bond donors (Lipinski definition) is 1. The Bertz CT molecular complexity index is 622. The van der Waals surface area contributed by atoms with Gasteiger partial charge in [-0.05, 0) is 48.2 Å². The third-order valence-electron chi connectivity index (χ3n) is 4.25. The highest BCUT2D eigenvalue weighted by molar-refractivity contribution is 9.10. The van der Waals surface area contributed by atoms with Gasteiger partial charge in [0.25, 0.3) is 0 Å². The number of fused-ring (bicyclic) bond motifs is 1. The molecule has 0 amide bonds. The van der Waals surface area contributed by atoms with E-state index in [9.17, 15) is 0 Å². The van der Waals surface area contributed by atoms with Gasteiger partial charge < -0.3 is 10.2 Å². The molecule has 21 heavy (non-hydrogen) atoms. The first-order chi connectivity index (χ1) is 10.1. The molecule has 110 valence electrons. The molecule has 1 aliphatic rings. The first-order valence-electron chi connectivity index (χ1n) is 7.45. The lowest BCUT2D eigenvalue weighted by molar-refractivity contribution is 0.574. The lowest BCUT2D eigenvalue weighted by atomic mass is 10.1. The summed E-state index contributed by atoms with van der Waals surface area (Å²) in [7, 11) is 2.17. The van der Waals surface area contributed by atoms with E-state index in [4.69, 9.17) is 0 Å². The smallest absolute Gasteiger partial charge is 0.0397 e. The van der Waals surface area contributed by atoms with Crippen molar-refractivity contribution in [2.45, 2.75) is 25.9 Å². The minimum Gasteiger partial charge on any atom is -0.374 e. The Hall–Kier alpha value is -1.32. The molecular weight excluding hydrogens is 324 g/mol. The minimum atomic E-state index is 0.356. The van der Waals surface area contributed by atoms with E-state index in [0.717, 1.165) is 17.6 Å². The Morgan fingerprint density at radius 3 is 2.71 bits per heavy atom. The predicted molar refractivity (Wildman–Crippen MR) is 92.8 cm³/mol. The van der Waals surface area contributed by atoms with Crippen LogP contribution in [0.5, 0.6) is 0 Å². The number of hydrogen-bond acceptors (Lipinski definition) is 2. The summed E-state index contributed by atoms with van der Waals surface area (Å²) in [5.41, 5.74) is 5.56. The van der Waals surface area contributed by atoms with Crippen LogP contribution in [0.3, 0.4) is 0 Å². The molecule has 0 saturated carbocycles. The average molecular weight is 345 g/mol. The second kappa shape index (κ2) is 6.20. The van der Waals surface area contributed by atoms with Crippen LogP contribution in [0.15, 0.2) is 46.9 Å². The van der Waals surface area contributed by atoms with Crippen molar-refractivity contribution < 1.29 is 0 Å². The Morgan fingerprint density at radius 1 is 1.19 bits per heavy atom. The van der Waals surface area contributed by atoms with E-state index in [1.165, 1.54) is 28.8 Å². The second-order valence-electron chi connectivity index (χ2n) is 5.79. The van der Waals surface area contributed by atoms with Gasteiger partial charge in [-0.1, -0.05) is 40.2 Å². The van der Waals surface area contributed by atoms with E-state index >= 15 is 0 Å². The number of halogens is 1. The molecular formula is C18H21BrN2. The van der Waals surface area contributed by atoms with Crippen molar-refractivity contribution in [1.82, 2.24) is 5.32 Å². The predicted octanol–water partition coefficient (Wildman–Crippen LogP) is 4.29. The van der Waals surface area contributed by atoms with Gasteiger partial charge in [0.2, 0.25) is 0 Å². The van der Waals surface area contributed by atoms with Gasteiger partial charge in [0, 0.05) is 36.3 Å². The summed E-state index contributed by atoms with van der Waals surface area (Å²) in [5.74, 6) is 0. The molecule has 0 fully saturated rings. The van der Waals surface area contributed by atoms with E-state index in [2.05, 4.69) is 82.6 Å². The number of likely N-dealkylation sites (N-methyl/N-ethyl adjacent to an activating group) is 1. The van der Waals surface area contributed by atoms with Crippen LogP contribution in [0, 0.1) is 0 Å². The van der Waals surface area contributed by atoms with Crippen molar-refractivity contribution in [2.24, 2.45) is 0 Å². The molecule has 1 aliphatic heterocycles. The molecule has 3 heteroatoms. The van der Waals surface area contributed by atoms with Crippen molar-refractivity contribution in [1.29, 1.82) is 0 Å². The lowest BCUT2D eigenvalue weighted by Crippen LogP contribution is -2.18. The molecule has 2 aromatic carbocycles. The van der Waals surface area contributed by atoms with Crippen LogP contribution in [0.4, 0.5) is 5.69 Å². The second-order valence-corrected chi connectivity index (χ2v) is 6.70. The fourth-order valence-electron chi connectivity index (χ4n) is 2.87. The molecule has 3 rings (SSSR count). The van der Waals surface area contributed by atoms with Crippen LogP contribution in [-0.2, 0) is 13.0 Å². The van der Waals surface area contributed by atoms with Crippen molar-refractivity contribution in [3.63, 3.8) is 0 Å². The first-order valence-corrected chi connectivity index (χ1v) is 8.24. The highest BCUT2D eigenvalue weighted by Gasteiger charge is 2.15. The van der Waals surface area contributed by atoms with Gasteiger partial charge in [0.05, 0.1) is 0 Å². The van der Waals surface area contributed by atoms with Crippen molar-refractivity contribution in [3.05, 3.63) is 63.6 Å². The van der Waals surface area contributed by atoms with Crippen LogP contribution >= 0.6 is 15.9 Å². The van der Waals surface area contributed by atoms with Gasteiger partial charge in [-0.2, -0.15) is 0 Å². The highest BCUT2D eigenvalue weighted by Crippen LogP contribution is 2.27. The quantitative estimate of drug-likeness (QED) is 0.889. The van der Waals surface area contributed by atoms with Crippen molar-refractivity contribution in [2.75, 3.05) is 18.5 Å². The molecule has 0 radical (unpaired) electrons. The van der Waals surface area contributed by atoms with Crippen LogP contribution in [0.25, 0.3) is 0 Å². The van der Waals surface area contributed by atoms with Crippen molar-refractivity contribution >= 4 is 21.6 Å². The molecule has 0 aromatic heterocycles. The summed E-state index contributed by atoms with van der Waals surface area (Å²) in [6, 6.07) is 15.7. The largest absolute Gasteiger partial charge is 0.374 e. The molecule has 0 saturated heterocycles. The van der Waals surface area contributed by atoms with Crippen molar-refractivity contribution in [3.8, 4) is 0 Å². The fourth-order valence-corrected chi connectivity index (χ4v) is 3.13. The zero-order chi connectivity index (χ0) is 14.8. The molecule has 0 aliphatic carbocycles. The monoisotopic (exact) mass is 344 g/mol. The maximum atomic E-state index is 3.61. The molecule has 2 aromatic rings. The van der Waals surface area contributed by atoms with E-state index < -0.39 is 0 Å². The van der Waals surface area contributed by atoms with E-state index in [1.807, 2.05) is 0 Å². The summed E-state index contributed by atoms with van der Waals surface area (Å²) in [6.07, 6.45) is 1.17. The molecule has 0 spiro atoms. The Balaban J connectivity index is 1.64. The van der Waals surface area contributed by atoms with Gasteiger partial charge in [-0.25, -0.2) is 0 Å². The minimum absolute atomic E-state index is 0.356. The molecule has 2 nitrogen and oxygen atoms in total. The number of benzene rings is 2. The highest BCUT2D eigenvalue weighted by atomic mass is 79.9. The summed E-state index contributed by atoms with van der Waals surface area (Å²) in [6.45, 7) is 4.26. The van der Waals surface area contributed by atoms with Gasteiger partial charge in [-0.3, -0.25) is 0 Å². The maximum absolute atomic E-state index is 3.61. The zero-order valence-corrected chi connectivity index (χ0v) is 14.2. The average Bonchev–Trinajstić information content (AvgIpc) is 2.86. The lowest BCUT2D eigenvalue weighted by Gasteiger charge is -2.16. The summed E-state index contributed by atoms with van der Waals surface area (Å²) >= 11 is 3.48. The fraction of sp³-hybridized carbons (Fsp3) is 0.333. The van der Waals surface area contributed by atoms with Gasteiger partial charge in [0.15, 0.2) is 0 Å². The number of anilines is 1. The Labute approximate surface area is 135 Å². The van der Waals surface area contributed by atoms with Gasteiger partial charge in [0.1, 0.15) is 0 Å². The van der Waals surface area contributed by atoms with Gasteiger partial charge >= 0.3 is 0 Å². The van der Waals surface area contributed by atoms with E-state index in [1.54, 1.807) is 0 Å². The number of nitrogens with one attached hydrogen (secondary N) is 1. The summed E-state index contributed by atoms with van der Waals surface area (Å²) in [4.78, 5) is 2.33. The van der Waals surface area contributed by atoms with Gasteiger partial charge in [-0.15, -0.1) is 0 Å². The maximum Gasteiger partial charge on any atom is 0.0397 e. The molecule has 1 unspecified atom stereocenters. The third-order valence-corrected chi connectivity index (χ3v) is 4.78. The van der Waals surface area contributed by atoms with Crippen LogP contribution in [0.2, 0.25) is 0 Å². The molecule has 0 bridgehead atoms. The number of nitrogens with zero attached hydrogens (tertiary/aromatic N) is 1. The van der Waals surface area contributed by atoms with Crippen LogP contribution in [0.1, 0.15) is 29.7 Å². The normalized spacial score (nSPS) is 15.1. The number of rotatable bonds is 4. The Morgan fingerprint density at radius 2 is 1.95 bits per heavy atom. The standard InChI is InChI=1S/C18H21BrN2/c1-13(15-4-6-17(19)7-5-15)20-12-14-3-8-18-16(11-14)9-10-21(18)2/h3-8,11,13,20H,9-10,12H2,1-2H3. The first kappa shape index (κ1) is 14.6. The molecule has 1 N–H and O–H groups in total. The SMILES string of the molecule is CC(NCc1ccc2c(c1)CCN2C)c1ccc(Br)cc1. The molecule has 1 heterocycles. The van der Waals surface area contributed by atoms with Crippen LogP contribution in [-0.4, -0.2) is 13.6 Å². The summed E-state index contributed by atoms with van der Waals surface area (Å²) in [5, 5.41) is 3.61. The van der Waals surface area contributed by atoms with E-state index in [0.29, 0.717) is 6.04 Å². The zero-order valence-electron chi connectivity index (χ0n) is 12.6. The third kappa shape index (κ3) is 3.30. The summed E-state index contributed by atoms with van der Waals surface area (Å²) < 4.78 is 1.13. The van der Waals surface area contributed by atoms with Crippen LogP contribution < -0.4 is 10.2 Å².